The van der Waals surface area contributed by atoms with E-state index >= 15 is 0 Å². The van der Waals surface area contributed by atoms with Gasteiger partial charge in [-0.2, -0.15) is 0 Å². The Kier molecular flexibility index (Phi) is 3.07. The predicted molar refractivity (Wildman–Crippen MR) is 67.3 cm³/mol. The second-order valence-electron chi connectivity index (χ2n) is 3.29. The summed E-state index contributed by atoms with van der Waals surface area (Å²) in [6, 6.07) is 5.96. The van der Waals surface area contributed by atoms with E-state index in [0.717, 1.165) is 5.56 Å². The highest BCUT2D eigenvalue weighted by Crippen LogP contribution is 2.31. The molecule has 82 valence electrons. The highest BCUT2D eigenvalue weighted by Gasteiger charge is 2.28. The van der Waals surface area contributed by atoms with Crippen LogP contribution in [0.15, 0.2) is 29.2 Å². The smallest absolute Gasteiger partial charge is 0.265 e. The van der Waals surface area contributed by atoms with E-state index in [9.17, 15) is 9.18 Å². The van der Waals surface area contributed by atoms with Crippen LogP contribution in [0, 0.1) is 5.82 Å². The maximum Gasteiger partial charge on any atom is 0.265 e. The summed E-state index contributed by atoms with van der Waals surface area (Å²) in [6.07, 6.45) is 1.71. The van der Waals surface area contributed by atoms with E-state index < -0.39 is 0 Å². The highest BCUT2D eigenvalue weighted by atomic mass is 32.2. The molecule has 0 unspecified atom stereocenters. The number of rotatable bonds is 1. The summed E-state index contributed by atoms with van der Waals surface area (Å²) in [5.74, 6) is -0.403. The molecular formula is C11H8FNOS2. The van der Waals surface area contributed by atoms with Gasteiger partial charge in [-0.15, -0.1) is 0 Å². The van der Waals surface area contributed by atoms with Crippen molar-refractivity contribution in [1.82, 2.24) is 4.90 Å². The average molecular weight is 253 g/mol. The van der Waals surface area contributed by atoms with Crippen LogP contribution in [0.2, 0.25) is 0 Å². The van der Waals surface area contributed by atoms with Gasteiger partial charge in [0.15, 0.2) is 0 Å². The Morgan fingerprint density at radius 2 is 2.00 bits per heavy atom. The average Bonchev–Trinajstić information content (AvgIpc) is 2.50. The zero-order chi connectivity index (χ0) is 11.7. The van der Waals surface area contributed by atoms with Gasteiger partial charge in [0.25, 0.3) is 5.91 Å². The number of amides is 1. The number of hydrogen-bond acceptors (Lipinski definition) is 3. The third kappa shape index (κ3) is 2.15. The van der Waals surface area contributed by atoms with Crippen molar-refractivity contribution in [2.75, 3.05) is 7.05 Å². The summed E-state index contributed by atoms with van der Waals surface area (Å²) in [5, 5.41) is 0. The lowest BCUT2D eigenvalue weighted by molar-refractivity contribution is -0.121. The fraction of sp³-hybridized carbons (Fsp3) is 0.0909. The van der Waals surface area contributed by atoms with Gasteiger partial charge >= 0.3 is 0 Å². The highest BCUT2D eigenvalue weighted by molar-refractivity contribution is 8.26. The summed E-state index contributed by atoms with van der Waals surface area (Å²) < 4.78 is 13.2. The number of carbonyl (C=O) groups is 1. The van der Waals surface area contributed by atoms with Gasteiger partial charge in [-0.1, -0.05) is 36.1 Å². The van der Waals surface area contributed by atoms with Crippen molar-refractivity contribution in [1.29, 1.82) is 0 Å². The molecule has 0 saturated carbocycles. The molecule has 1 aliphatic heterocycles. The molecule has 0 N–H and O–H groups in total. The summed E-state index contributed by atoms with van der Waals surface area (Å²) in [6.45, 7) is 0. The quantitative estimate of drug-likeness (QED) is 0.567. The number of carbonyl (C=O) groups excluding carboxylic acids is 1. The van der Waals surface area contributed by atoms with Crippen molar-refractivity contribution in [3.05, 3.63) is 40.6 Å². The van der Waals surface area contributed by atoms with Crippen LogP contribution < -0.4 is 0 Å². The van der Waals surface area contributed by atoms with E-state index in [0.29, 0.717) is 9.23 Å². The molecule has 1 fully saturated rings. The molecule has 0 aliphatic carbocycles. The number of likely N-dealkylation sites (N-methyl/N-ethyl adjacent to an activating group) is 1. The summed E-state index contributed by atoms with van der Waals surface area (Å²) >= 11 is 6.26. The van der Waals surface area contributed by atoms with Crippen molar-refractivity contribution < 1.29 is 9.18 Å². The van der Waals surface area contributed by atoms with Crippen molar-refractivity contribution in [3.8, 4) is 0 Å². The van der Waals surface area contributed by atoms with Crippen LogP contribution in [0.25, 0.3) is 6.08 Å². The number of thiocarbonyl (C=S) groups is 1. The largest absolute Gasteiger partial charge is 0.296 e. The lowest BCUT2D eigenvalue weighted by Crippen LogP contribution is -2.22. The molecule has 1 heterocycles. The third-order valence-corrected chi connectivity index (χ3v) is 3.64. The van der Waals surface area contributed by atoms with E-state index in [1.807, 2.05) is 0 Å². The third-order valence-electron chi connectivity index (χ3n) is 2.15. The first-order valence-corrected chi connectivity index (χ1v) is 5.77. The summed E-state index contributed by atoms with van der Waals surface area (Å²) in [4.78, 5) is 13.7. The molecule has 1 aliphatic rings. The topological polar surface area (TPSA) is 20.3 Å². The SMILES string of the molecule is CN1C(=O)C(=Cc2ccc(F)cc2)SC1=S. The van der Waals surface area contributed by atoms with E-state index in [1.54, 1.807) is 25.3 Å². The maximum atomic E-state index is 12.7. The molecule has 0 spiro atoms. The molecule has 1 aromatic carbocycles. The van der Waals surface area contributed by atoms with Gasteiger partial charge < -0.3 is 0 Å². The minimum Gasteiger partial charge on any atom is -0.296 e. The molecule has 0 aromatic heterocycles. The minimum absolute atomic E-state index is 0.112. The van der Waals surface area contributed by atoms with Gasteiger partial charge in [0, 0.05) is 7.05 Å². The van der Waals surface area contributed by atoms with E-state index in [1.165, 1.54) is 28.8 Å². The van der Waals surface area contributed by atoms with Crippen LogP contribution >= 0.6 is 24.0 Å². The fourth-order valence-corrected chi connectivity index (χ4v) is 2.44. The number of benzene rings is 1. The van der Waals surface area contributed by atoms with Gasteiger partial charge in [0.1, 0.15) is 10.1 Å². The number of thioether (sulfide) groups is 1. The molecular weight excluding hydrogens is 245 g/mol. The van der Waals surface area contributed by atoms with Crippen molar-refractivity contribution in [3.63, 3.8) is 0 Å². The normalized spacial score (nSPS) is 18.6. The van der Waals surface area contributed by atoms with Gasteiger partial charge in [0.2, 0.25) is 0 Å². The monoisotopic (exact) mass is 253 g/mol. The Bertz CT molecular complexity index is 481. The Morgan fingerprint density at radius 1 is 1.38 bits per heavy atom. The Balaban J connectivity index is 2.29. The van der Waals surface area contributed by atoms with E-state index in [4.69, 9.17) is 12.2 Å². The van der Waals surface area contributed by atoms with Crippen LogP contribution in [0.3, 0.4) is 0 Å². The molecule has 0 atom stereocenters. The van der Waals surface area contributed by atoms with Gasteiger partial charge in [-0.25, -0.2) is 4.39 Å². The molecule has 2 nitrogen and oxygen atoms in total. The first kappa shape index (κ1) is 11.3. The first-order valence-electron chi connectivity index (χ1n) is 4.55. The van der Waals surface area contributed by atoms with Crippen molar-refractivity contribution >= 4 is 40.3 Å². The minimum atomic E-state index is -0.291. The van der Waals surface area contributed by atoms with E-state index in [-0.39, 0.29) is 11.7 Å². The first-order chi connectivity index (χ1) is 7.58. The predicted octanol–water partition coefficient (Wildman–Crippen LogP) is 2.66. The zero-order valence-electron chi connectivity index (χ0n) is 8.44. The summed E-state index contributed by atoms with van der Waals surface area (Å²) in [5.41, 5.74) is 0.787. The molecule has 1 amide bonds. The summed E-state index contributed by atoms with van der Waals surface area (Å²) in [7, 11) is 1.64. The Hall–Kier alpha value is -1.20. The van der Waals surface area contributed by atoms with Crippen molar-refractivity contribution in [2.24, 2.45) is 0 Å². The van der Waals surface area contributed by atoms with Gasteiger partial charge in [-0.05, 0) is 23.8 Å². The standard InChI is InChI=1S/C11H8FNOS2/c1-13-10(14)9(16-11(13)15)6-7-2-4-8(12)5-3-7/h2-6H,1H3. The fourth-order valence-electron chi connectivity index (χ4n) is 1.26. The van der Waals surface area contributed by atoms with E-state index in [2.05, 4.69) is 0 Å². The molecule has 0 radical (unpaired) electrons. The molecule has 5 heteroatoms. The number of hydrogen-bond donors (Lipinski definition) is 0. The second-order valence-corrected chi connectivity index (χ2v) is 4.97. The molecule has 1 saturated heterocycles. The Labute approximate surface area is 102 Å². The molecule has 16 heavy (non-hydrogen) atoms. The number of halogens is 1. The second kappa shape index (κ2) is 4.35. The molecule has 0 bridgehead atoms. The lowest BCUT2D eigenvalue weighted by Gasteiger charge is -2.03. The lowest BCUT2D eigenvalue weighted by atomic mass is 10.2. The number of nitrogens with zero attached hydrogens (tertiary/aromatic N) is 1. The zero-order valence-corrected chi connectivity index (χ0v) is 10.1. The molecule has 2 rings (SSSR count). The Morgan fingerprint density at radius 3 is 2.50 bits per heavy atom. The van der Waals surface area contributed by atoms with Gasteiger partial charge in [-0.3, -0.25) is 9.69 Å². The van der Waals surface area contributed by atoms with Crippen LogP contribution in [-0.4, -0.2) is 22.2 Å². The molecule has 1 aromatic rings. The van der Waals surface area contributed by atoms with Crippen LogP contribution in [-0.2, 0) is 4.79 Å². The maximum absolute atomic E-state index is 12.7. The van der Waals surface area contributed by atoms with Crippen LogP contribution in [0.1, 0.15) is 5.56 Å². The van der Waals surface area contributed by atoms with Crippen LogP contribution in [0.4, 0.5) is 4.39 Å². The van der Waals surface area contributed by atoms with Crippen molar-refractivity contribution in [2.45, 2.75) is 0 Å². The van der Waals surface area contributed by atoms with Crippen LogP contribution in [0.5, 0.6) is 0 Å². The van der Waals surface area contributed by atoms with Gasteiger partial charge in [0.05, 0.1) is 4.91 Å².